The van der Waals surface area contributed by atoms with Crippen LogP contribution < -0.4 is 42.5 Å². The zero-order valence-electron chi connectivity index (χ0n) is 9.66. The maximum Gasteiger partial charge on any atom is 4.00 e. The van der Waals surface area contributed by atoms with Crippen LogP contribution in [-0.2, 0) is 21.1 Å². The molecule has 0 aliphatic rings. The van der Waals surface area contributed by atoms with Gasteiger partial charge in [0, 0.05) is 23.2 Å². The standard InChI is InChI=1S/C9H7NO.2ClH.HNO2.2H3N.Pt/c11-9-5-6-10-8-4-2-1-3-7(8)9;;;2-1-3;;;/h1-6H,(H,10,11);2*1H;(H,2,3);2*1H3;/q;;;;;;+4/p-2. The number of aromatic amines is 1. The number of pyridine rings is 1. The van der Waals surface area contributed by atoms with E-state index >= 15 is 0 Å². The Labute approximate surface area is 136 Å². The monoisotopic (exact) mass is 491 g/mol. The summed E-state index contributed by atoms with van der Waals surface area (Å²) in [7, 11) is 0. The minimum atomic E-state index is 0. The van der Waals surface area contributed by atoms with Gasteiger partial charge in [-0.3, -0.25) is 4.79 Å². The normalized spacial score (nSPS) is 6.53. The number of halogens is 2. The maximum absolute atomic E-state index is 11.2. The van der Waals surface area contributed by atoms with Crippen molar-refractivity contribution in [1.29, 1.82) is 0 Å². The number of nitrogens with zero attached hydrogens (tertiary/aromatic N) is 1. The van der Waals surface area contributed by atoms with Crippen LogP contribution in [-0.4, -0.2) is 10.2 Å². The summed E-state index contributed by atoms with van der Waals surface area (Å²) in [4.78, 5) is 22.3. The molecule has 0 spiro atoms. The summed E-state index contributed by atoms with van der Waals surface area (Å²) < 4.78 is 0. The summed E-state index contributed by atoms with van der Waals surface area (Å²) >= 11 is 0. The van der Waals surface area contributed by atoms with E-state index in [2.05, 4.69) is 4.98 Å². The van der Waals surface area contributed by atoms with Crippen LogP contribution >= 0.6 is 0 Å². The number of aromatic nitrogens is 1. The largest absolute Gasteiger partial charge is 4.00 e. The molecule has 7 nitrogen and oxygen atoms in total. The SMILES string of the molecule is N.N.O=NO.O=c1cc[nH]c2ccccc12.[Cl-].[Cl-].[Pt+4]. The van der Waals surface area contributed by atoms with Crippen molar-refractivity contribution < 1.29 is 51.1 Å². The van der Waals surface area contributed by atoms with Gasteiger partial charge in [-0.25, -0.2) is 0 Å². The van der Waals surface area contributed by atoms with Crippen molar-refractivity contribution >= 4 is 10.9 Å². The van der Waals surface area contributed by atoms with Crippen molar-refractivity contribution in [2.75, 3.05) is 0 Å². The molecule has 0 fully saturated rings. The minimum Gasteiger partial charge on any atom is -1.00 e. The molecule has 1 heterocycles. The van der Waals surface area contributed by atoms with Gasteiger partial charge in [0.25, 0.3) is 0 Å². The molecule has 19 heavy (non-hydrogen) atoms. The van der Waals surface area contributed by atoms with Gasteiger partial charge < -0.3 is 47.3 Å². The van der Waals surface area contributed by atoms with Crippen LogP contribution in [0.25, 0.3) is 10.9 Å². The second kappa shape index (κ2) is 17.0. The molecular formula is C9H14Cl2N4O3Pt+2. The van der Waals surface area contributed by atoms with Crippen molar-refractivity contribution in [2.24, 2.45) is 5.34 Å². The van der Waals surface area contributed by atoms with E-state index in [-0.39, 0.29) is 63.6 Å². The van der Waals surface area contributed by atoms with Gasteiger partial charge in [0.1, 0.15) is 0 Å². The zero-order valence-corrected chi connectivity index (χ0v) is 13.4. The summed E-state index contributed by atoms with van der Waals surface area (Å²) in [6.45, 7) is 0. The number of benzene rings is 1. The molecule has 110 valence electrons. The van der Waals surface area contributed by atoms with Crippen LogP contribution in [0.15, 0.2) is 46.7 Å². The molecule has 8 N–H and O–H groups in total. The second-order valence-electron chi connectivity index (χ2n) is 2.47. The Morgan fingerprint density at radius 1 is 1.05 bits per heavy atom. The van der Waals surface area contributed by atoms with Crippen LogP contribution in [0.3, 0.4) is 0 Å². The number of H-pyrrole nitrogens is 1. The average Bonchev–Trinajstić information content (AvgIpc) is 2.20. The molecule has 0 atom stereocenters. The molecule has 1 aromatic heterocycles. The Kier molecular flexibility index (Phi) is 27.6. The third-order valence-corrected chi connectivity index (χ3v) is 1.67. The number of nitrogens with one attached hydrogen (secondary N) is 1. The van der Waals surface area contributed by atoms with Gasteiger partial charge in [0.15, 0.2) is 10.8 Å². The van der Waals surface area contributed by atoms with E-state index in [4.69, 9.17) is 10.1 Å². The average molecular weight is 492 g/mol. The van der Waals surface area contributed by atoms with Gasteiger partial charge in [-0.05, 0) is 12.1 Å². The molecule has 0 amide bonds. The molecule has 2 rings (SSSR count). The van der Waals surface area contributed by atoms with Crippen LogP contribution in [0.4, 0.5) is 0 Å². The fourth-order valence-corrected chi connectivity index (χ4v) is 1.12. The molecule has 0 aliphatic carbocycles. The second-order valence-corrected chi connectivity index (χ2v) is 2.47. The Morgan fingerprint density at radius 2 is 1.53 bits per heavy atom. The van der Waals surface area contributed by atoms with Crippen molar-refractivity contribution in [3.8, 4) is 0 Å². The van der Waals surface area contributed by atoms with E-state index in [9.17, 15) is 4.79 Å². The van der Waals surface area contributed by atoms with E-state index in [1.807, 2.05) is 24.3 Å². The van der Waals surface area contributed by atoms with E-state index in [1.165, 1.54) is 11.4 Å². The maximum atomic E-state index is 11.2. The van der Waals surface area contributed by atoms with E-state index in [0.717, 1.165) is 10.9 Å². The van der Waals surface area contributed by atoms with E-state index < -0.39 is 0 Å². The van der Waals surface area contributed by atoms with Crippen LogP contribution in [0, 0.1) is 4.91 Å². The molecule has 0 bridgehead atoms. The molecule has 0 saturated carbocycles. The predicted octanol–water partition coefficient (Wildman–Crippen LogP) is -4.00. The van der Waals surface area contributed by atoms with Crippen LogP contribution in [0.1, 0.15) is 0 Å². The third kappa shape index (κ3) is 9.58. The van der Waals surface area contributed by atoms with Crippen molar-refractivity contribution in [1.82, 2.24) is 17.3 Å². The first-order valence-electron chi connectivity index (χ1n) is 3.82. The van der Waals surface area contributed by atoms with Crippen LogP contribution in [0.2, 0.25) is 0 Å². The summed E-state index contributed by atoms with van der Waals surface area (Å²) in [6, 6.07) is 8.99. The van der Waals surface area contributed by atoms with Gasteiger partial charge in [-0.2, -0.15) is 0 Å². The number of hydrogen-bond acceptors (Lipinski definition) is 5. The Morgan fingerprint density at radius 3 is 2.00 bits per heavy atom. The fraction of sp³-hybridized carbons (Fsp3) is 0. The third-order valence-electron chi connectivity index (χ3n) is 1.67. The van der Waals surface area contributed by atoms with Crippen LogP contribution in [0.5, 0.6) is 0 Å². The zero-order chi connectivity index (χ0) is 10.4. The van der Waals surface area contributed by atoms with Gasteiger partial charge in [-0.15, -0.1) is 4.91 Å². The van der Waals surface area contributed by atoms with Crippen molar-refractivity contribution in [3.63, 3.8) is 0 Å². The quantitative estimate of drug-likeness (QED) is 0.218. The summed E-state index contributed by atoms with van der Waals surface area (Å²) in [5.74, 6) is 0. The molecule has 1 aromatic carbocycles. The number of para-hydroxylation sites is 1. The van der Waals surface area contributed by atoms with Crippen molar-refractivity contribution in [3.05, 3.63) is 51.7 Å². The topological polar surface area (TPSA) is 153 Å². The molecule has 10 heteroatoms. The molecule has 0 aliphatic heterocycles. The molecule has 0 unspecified atom stereocenters. The smallest absolute Gasteiger partial charge is 1.00 e. The molecule has 0 radical (unpaired) electrons. The minimum absolute atomic E-state index is 0. The number of hydrogen-bond donors (Lipinski definition) is 4. The Balaban J connectivity index is -0.0000000758. The van der Waals surface area contributed by atoms with Crippen molar-refractivity contribution in [2.45, 2.75) is 0 Å². The number of fused-ring (bicyclic) bond motifs is 1. The predicted molar refractivity (Wildman–Crippen MR) is 62.2 cm³/mol. The van der Waals surface area contributed by atoms with Gasteiger partial charge >= 0.3 is 21.1 Å². The molecule has 0 saturated heterocycles. The molecular weight excluding hydrogens is 478 g/mol. The first-order chi connectivity index (χ1) is 6.79. The summed E-state index contributed by atoms with van der Waals surface area (Å²) in [6.07, 6.45) is 1.66. The fourth-order valence-electron chi connectivity index (χ4n) is 1.12. The first kappa shape index (κ1) is 30.8. The Bertz CT molecular complexity index is 493. The van der Waals surface area contributed by atoms with E-state index in [0.29, 0.717) is 0 Å². The molecule has 2 aromatic rings. The summed E-state index contributed by atoms with van der Waals surface area (Å²) in [5.41, 5.74) is 0.958. The summed E-state index contributed by atoms with van der Waals surface area (Å²) in [5, 5.41) is 8.63. The van der Waals surface area contributed by atoms with E-state index in [1.54, 1.807) is 6.20 Å². The Hall–Kier alpha value is -0.982. The van der Waals surface area contributed by atoms with Gasteiger partial charge in [0.2, 0.25) is 0 Å². The number of rotatable bonds is 0. The van der Waals surface area contributed by atoms with Gasteiger partial charge in [0.05, 0.1) is 0 Å². The first-order valence-corrected chi connectivity index (χ1v) is 3.82. The van der Waals surface area contributed by atoms with Gasteiger partial charge in [-0.1, -0.05) is 12.1 Å².